The van der Waals surface area contributed by atoms with Crippen molar-refractivity contribution in [2.24, 2.45) is 0 Å². The van der Waals surface area contributed by atoms with Gasteiger partial charge < -0.3 is 5.32 Å². The van der Waals surface area contributed by atoms with Crippen molar-refractivity contribution in [3.05, 3.63) is 53.6 Å². The van der Waals surface area contributed by atoms with Crippen LogP contribution in [0.2, 0.25) is 0 Å². The lowest BCUT2D eigenvalue weighted by Crippen LogP contribution is -2.23. The van der Waals surface area contributed by atoms with E-state index >= 15 is 0 Å². The fourth-order valence-corrected chi connectivity index (χ4v) is 1.66. The van der Waals surface area contributed by atoms with Gasteiger partial charge in [-0.1, -0.05) is 6.07 Å². The highest BCUT2D eigenvalue weighted by molar-refractivity contribution is 7.80. The molecule has 2 aromatic rings. The first-order valence-corrected chi connectivity index (χ1v) is 5.94. The van der Waals surface area contributed by atoms with Crippen molar-refractivity contribution in [1.29, 1.82) is 0 Å². The fraction of sp³-hybridized carbons (Fsp3) is 0.154. The van der Waals surface area contributed by atoms with Gasteiger partial charge in [-0.25, -0.2) is 0 Å². The van der Waals surface area contributed by atoms with Crippen LogP contribution < -0.4 is 5.32 Å². The van der Waals surface area contributed by atoms with Crippen LogP contribution in [0.1, 0.15) is 21.7 Å². The van der Waals surface area contributed by atoms with Gasteiger partial charge in [-0.15, -0.1) is 12.6 Å². The minimum absolute atomic E-state index is 0.145. The summed E-state index contributed by atoms with van der Waals surface area (Å²) >= 11 is 4.20. The van der Waals surface area contributed by atoms with Crippen LogP contribution in [0, 0.1) is 6.92 Å². The number of hydrogen-bond donors (Lipinski definition) is 2. The third-order valence-electron chi connectivity index (χ3n) is 2.37. The summed E-state index contributed by atoms with van der Waals surface area (Å²) in [6.45, 7) is 2.23. The highest BCUT2D eigenvalue weighted by Gasteiger charge is 2.05. The molecular formula is C13H13N3OS. The van der Waals surface area contributed by atoms with Crippen LogP contribution in [0.3, 0.4) is 0 Å². The van der Waals surface area contributed by atoms with Gasteiger partial charge in [0.2, 0.25) is 0 Å². The fourth-order valence-electron chi connectivity index (χ4n) is 1.43. The highest BCUT2D eigenvalue weighted by Crippen LogP contribution is 2.08. The van der Waals surface area contributed by atoms with Crippen molar-refractivity contribution < 1.29 is 4.79 Å². The molecule has 1 aromatic carbocycles. The number of carbonyl (C=O) groups excluding carboxylic acids is 1. The molecule has 0 spiro atoms. The van der Waals surface area contributed by atoms with Crippen LogP contribution >= 0.6 is 12.6 Å². The Morgan fingerprint density at radius 3 is 2.83 bits per heavy atom. The van der Waals surface area contributed by atoms with Crippen LogP contribution in [0.25, 0.3) is 0 Å². The number of thiol groups is 1. The predicted molar refractivity (Wildman–Crippen MR) is 71.6 cm³/mol. The number of carbonyl (C=O) groups is 1. The van der Waals surface area contributed by atoms with Gasteiger partial charge in [0, 0.05) is 16.7 Å². The van der Waals surface area contributed by atoms with E-state index in [0.717, 1.165) is 16.3 Å². The van der Waals surface area contributed by atoms with Crippen molar-refractivity contribution >= 4 is 18.5 Å². The Bertz CT molecular complexity index is 554. The molecule has 1 N–H and O–H groups in total. The zero-order valence-corrected chi connectivity index (χ0v) is 10.8. The molecule has 0 aliphatic heterocycles. The van der Waals surface area contributed by atoms with Gasteiger partial charge in [-0.3, -0.25) is 14.8 Å². The molecule has 0 aliphatic carbocycles. The largest absolute Gasteiger partial charge is 0.346 e. The van der Waals surface area contributed by atoms with E-state index in [1.54, 1.807) is 30.6 Å². The molecule has 0 saturated carbocycles. The molecule has 0 aliphatic rings. The average Bonchev–Trinajstić information content (AvgIpc) is 2.38. The number of aryl methyl sites for hydroxylation is 1. The number of nitrogens with zero attached hydrogens (tertiary/aromatic N) is 2. The van der Waals surface area contributed by atoms with Crippen LogP contribution in [0.4, 0.5) is 0 Å². The SMILES string of the molecule is Cc1cnc(CNC(=O)c2cccc(S)c2)cn1. The maximum atomic E-state index is 11.8. The average molecular weight is 259 g/mol. The van der Waals surface area contributed by atoms with E-state index in [4.69, 9.17) is 0 Å². The van der Waals surface area contributed by atoms with Crippen LogP contribution in [-0.2, 0) is 6.54 Å². The Morgan fingerprint density at radius 1 is 1.33 bits per heavy atom. The lowest BCUT2D eigenvalue weighted by Gasteiger charge is -2.05. The van der Waals surface area contributed by atoms with Crippen molar-refractivity contribution in [1.82, 2.24) is 15.3 Å². The normalized spacial score (nSPS) is 10.1. The third-order valence-corrected chi connectivity index (χ3v) is 2.65. The van der Waals surface area contributed by atoms with E-state index in [1.165, 1.54) is 0 Å². The summed E-state index contributed by atoms with van der Waals surface area (Å²) in [4.78, 5) is 20.9. The molecular weight excluding hydrogens is 246 g/mol. The van der Waals surface area contributed by atoms with Gasteiger partial charge in [0.15, 0.2) is 0 Å². The quantitative estimate of drug-likeness (QED) is 0.829. The summed E-state index contributed by atoms with van der Waals surface area (Å²) < 4.78 is 0. The molecule has 92 valence electrons. The number of rotatable bonds is 3. The third kappa shape index (κ3) is 3.30. The van der Waals surface area contributed by atoms with E-state index < -0.39 is 0 Å². The molecule has 1 amide bonds. The first kappa shape index (κ1) is 12.6. The van der Waals surface area contributed by atoms with E-state index in [0.29, 0.717) is 12.1 Å². The lowest BCUT2D eigenvalue weighted by atomic mass is 10.2. The van der Waals surface area contributed by atoms with Gasteiger partial charge in [0.1, 0.15) is 0 Å². The number of benzene rings is 1. The van der Waals surface area contributed by atoms with Crippen molar-refractivity contribution in [2.45, 2.75) is 18.4 Å². The van der Waals surface area contributed by atoms with Crippen molar-refractivity contribution in [2.75, 3.05) is 0 Å². The zero-order chi connectivity index (χ0) is 13.0. The summed E-state index contributed by atoms with van der Waals surface area (Å²) in [5.74, 6) is -0.145. The van der Waals surface area contributed by atoms with Gasteiger partial charge >= 0.3 is 0 Å². The van der Waals surface area contributed by atoms with Gasteiger partial charge in [0.05, 0.1) is 24.1 Å². The molecule has 0 bridgehead atoms. The number of aromatic nitrogens is 2. The maximum absolute atomic E-state index is 11.8. The Labute approximate surface area is 111 Å². The second kappa shape index (κ2) is 5.64. The van der Waals surface area contributed by atoms with Crippen LogP contribution in [-0.4, -0.2) is 15.9 Å². The van der Waals surface area contributed by atoms with Gasteiger partial charge in [-0.05, 0) is 25.1 Å². The zero-order valence-electron chi connectivity index (χ0n) is 9.92. The molecule has 0 radical (unpaired) electrons. The van der Waals surface area contributed by atoms with Crippen molar-refractivity contribution in [3.8, 4) is 0 Å². The summed E-state index contributed by atoms with van der Waals surface area (Å²) in [6, 6.07) is 7.09. The molecule has 0 unspecified atom stereocenters. The van der Waals surface area contributed by atoms with E-state index in [2.05, 4.69) is 27.9 Å². The standard InChI is InChI=1S/C13H13N3OS/c1-9-6-15-11(7-14-9)8-16-13(17)10-3-2-4-12(18)5-10/h2-7,18H,8H2,1H3,(H,16,17). The Kier molecular flexibility index (Phi) is 3.94. The maximum Gasteiger partial charge on any atom is 0.251 e. The van der Waals surface area contributed by atoms with E-state index in [9.17, 15) is 4.79 Å². The molecule has 18 heavy (non-hydrogen) atoms. The summed E-state index contributed by atoms with van der Waals surface area (Å²) in [6.07, 6.45) is 3.33. The first-order valence-electron chi connectivity index (χ1n) is 5.50. The van der Waals surface area contributed by atoms with Crippen LogP contribution in [0.5, 0.6) is 0 Å². The van der Waals surface area contributed by atoms with E-state index in [1.807, 2.05) is 13.0 Å². The summed E-state index contributed by atoms with van der Waals surface area (Å²) in [5, 5.41) is 2.79. The topological polar surface area (TPSA) is 54.9 Å². The van der Waals surface area contributed by atoms with Crippen LogP contribution in [0.15, 0.2) is 41.6 Å². The van der Waals surface area contributed by atoms with Gasteiger partial charge in [0.25, 0.3) is 5.91 Å². The molecule has 5 heteroatoms. The Hall–Kier alpha value is -1.88. The minimum Gasteiger partial charge on any atom is -0.346 e. The van der Waals surface area contributed by atoms with Crippen molar-refractivity contribution in [3.63, 3.8) is 0 Å². The second-order valence-corrected chi connectivity index (χ2v) is 4.40. The molecule has 0 saturated heterocycles. The lowest BCUT2D eigenvalue weighted by molar-refractivity contribution is 0.0950. The molecule has 4 nitrogen and oxygen atoms in total. The first-order chi connectivity index (χ1) is 8.65. The molecule has 0 fully saturated rings. The highest BCUT2D eigenvalue weighted by atomic mass is 32.1. The summed E-state index contributed by atoms with van der Waals surface area (Å²) in [5.41, 5.74) is 2.17. The minimum atomic E-state index is -0.145. The number of amides is 1. The molecule has 2 rings (SSSR count). The van der Waals surface area contributed by atoms with E-state index in [-0.39, 0.29) is 5.91 Å². The number of hydrogen-bond acceptors (Lipinski definition) is 4. The number of nitrogens with one attached hydrogen (secondary N) is 1. The Balaban J connectivity index is 1.98. The Morgan fingerprint density at radius 2 is 2.17 bits per heavy atom. The summed E-state index contributed by atoms with van der Waals surface area (Å²) in [7, 11) is 0. The second-order valence-electron chi connectivity index (χ2n) is 3.88. The molecule has 0 atom stereocenters. The van der Waals surface area contributed by atoms with Gasteiger partial charge in [-0.2, -0.15) is 0 Å². The smallest absolute Gasteiger partial charge is 0.251 e. The molecule has 1 aromatic heterocycles. The monoisotopic (exact) mass is 259 g/mol. The predicted octanol–water partition coefficient (Wildman–Crippen LogP) is 2.00. The molecule has 1 heterocycles.